The van der Waals surface area contributed by atoms with Crippen LogP contribution in [0.15, 0.2) is 53.4 Å². The van der Waals surface area contributed by atoms with Crippen molar-refractivity contribution in [3.05, 3.63) is 59.1 Å². The summed E-state index contributed by atoms with van der Waals surface area (Å²) in [5.74, 6) is 0.434. The minimum Gasteiger partial charge on any atom is -0.390 e. The lowest BCUT2D eigenvalue weighted by Gasteiger charge is -2.12. The maximum Gasteiger partial charge on any atom is 0.221 e. The first-order valence-electron chi connectivity index (χ1n) is 7.54. The molecule has 0 bridgehead atoms. The van der Waals surface area contributed by atoms with Gasteiger partial charge in [-0.3, -0.25) is 4.79 Å². The summed E-state index contributed by atoms with van der Waals surface area (Å²) in [6.45, 7) is 2.11. The van der Waals surface area contributed by atoms with Crippen molar-refractivity contribution < 1.29 is 14.6 Å². The predicted molar refractivity (Wildman–Crippen MR) is 98.6 cm³/mol. The number of aliphatic hydroxyl groups excluding tert-OH is 1. The number of carbonyl (C=O) groups excluding carboxylic acids is 1. The second kappa shape index (κ2) is 9.69. The van der Waals surface area contributed by atoms with E-state index in [-0.39, 0.29) is 12.5 Å². The molecule has 1 unspecified atom stereocenters. The molecule has 128 valence electrons. The predicted octanol–water partition coefficient (Wildman–Crippen LogP) is 3.97. The molecule has 2 rings (SSSR count). The third kappa shape index (κ3) is 6.53. The van der Waals surface area contributed by atoms with Crippen molar-refractivity contribution in [3.8, 4) is 0 Å². The highest BCUT2D eigenvalue weighted by Crippen LogP contribution is 2.21. The Balaban J connectivity index is 1.70. The number of benzene rings is 2. The van der Waals surface area contributed by atoms with E-state index in [9.17, 15) is 9.90 Å². The van der Waals surface area contributed by atoms with E-state index in [1.54, 1.807) is 0 Å². The summed E-state index contributed by atoms with van der Waals surface area (Å²) >= 11 is 7.59. The highest BCUT2D eigenvalue weighted by Gasteiger charge is 2.07. The zero-order valence-electron chi connectivity index (χ0n) is 13.4. The first-order chi connectivity index (χ1) is 11.5. The Kier molecular flexibility index (Phi) is 7.59. The van der Waals surface area contributed by atoms with Crippen molar-refractivity contribution in [2.75, 3.05) is 17.7 Å². The number of carbonyl (C=O) groups is 1. The highest BCUT2D eigenvalue weighted by atomic mass is 35.5. The number of nitrogens with one attached hydrogen (secondary N) is 1. The molecular weight excluding hydrogens is 346 g/mol. The lowest BCUT2D eigenvalue weighted by atomic mass is 10.2. The molecule has 0 radical (unpaired) electrons. The number of anilines is 1. The molecule has 0 aliphatic heterocycles. The molecule has 24 heavy (non-hydrogen) atoms. The molecule has 6 heteroatoms. The number of rotatable bonds is 8. The van der Waals surface area contributed by atoms with Gasteiger partial charge in [0.15, 0.2) is 0 Å². The minimum atomic E-state index is -0.562. The molecule has 0 aromatic heterocycles. The van der Waals surface area contributed by atoms with Gasteiger partial charge in [-0.05, 0) is 35.9 Å². The van der Waals surface area contributed by atoms with Gasteiger partial charge in [-0.2, -0.15) is 0 Å². The maximum atomic E-state index is 11.0. The van der Waals surface area contributed by atoms with E-state index in [4.69, 9.17) is 16.3 Å². The van der Waals surface area contributed by atoms with Crippen LogP contribution in [0.5, 0.6) is 0 Å². The first-order valence-corrected chi connectivity index (χ1v) is 8.90. The van der Waals surface area contributed by atoms with Crippen LogP contribution < -0.4 is 5.32 Å². The molecule has 0 spiro atoms. The highest BCUT2D eigenvalue weighted by molar-refractivity contribution is 7.99. The molecular formula is C18H20ClNO3S. The van der Waals surface area contributed by atoms with Gasteiger partial charge < -0.3 is 15.2 Å². The zero-order chi connectivity index (χ0) is 17.4. The standard InChI is InChI=1S/C18H20ClNO3S/c1-13(21)20-15-6-8-17(9-7-15)24-12-16(22)11-23-10-14-4-2-3-5-18(14)19/h2-9,16,22H,10-12H2,1H3,(H,20,21). The number of ether oxygens (including phenoxy) is 1. The topological polar surface area (TPSA) is 58.6 Å². The summed E-state index contributed by atoms with van der Waals surface area (Å²) in [4.78, 5) is 12.0. The molecule has 0 aliphatic carbocycles. The number of hydrogen-bond donors (Lipinski definition) is 2. The van der Waals surface area contributed by atoms with Gasteiger partial charge in [-0.1, -0.05) is 29.8 Å². The molecule has 2 N–H and O–H groups in total. The Labute approximate surface area is 151 Å². The molecule has 2 aromatic carbocycles. The summed E-state index contributed by atoms with van der Waals surface area (Å²) in [6, 6.07) is 15.0. The molecule has 1 atom stereocenters. The third-order valence-corrected chi connectivity index (χ3v) is 4.67. The summed E-state index contributed by atoms with van der Waals surface area (Å²) in [6.07, 6.45) is -0.562. The van der Waals surface area contributed by atoms with Crippen LogP contribution in [0.2, 0.25) is 5.02 Å². The molecule has 0 saturated heterocycles. The van der Waals surface area contributed by atoms with Crippen LogP contribution in [-0.4, -0.2) is 29.5 Å². The second-order valence-corrected chi connectivity index (χ2v) is 6.78. The van der Waals surface area contributed by atoms with Crippen molar-refractivity contribution in [2.45, 2.75) is 24.5 Å². The Morgan fingerprint density at radius 2 is 1.96 bits per heavy atom. The molecule has 0 heterocycles. The minimum absolute atomic E-state index is 0.0958. The number of hydrogen-bond acceptors (Lipinski definition) is 4. The summed E-state index contributed by atoms with van der Waals surface area (Å²) in [7, 11) is 0. The average molecular weight is 366 g/mol. The molecule has 1 amide bonds. The normalized spacial score (nSPS) is 12.0. The van der Waals surface area contributed by atoms with E-state index < -0.39 is 6.10 Å². The molecule has 0 aliphatic rings. The Bertz CT molecular complexity index is 664. The number of thioether (sulfide) groups is 1. The van der Waals surface area contributed by atoms with Gasteiger partial charge in [0.05, 0.1) is 19.3 Å². The number of aliphatic hydroxyl groups is 1. The summed E-state index contributed by atoms with van der Waals surface area (Å²) in [5, 5.41) is 13.4. The fourth-order valence-corrected chi connectivity index (χ4v) is 3.00. The van der Waals surface area contributed by atoms with Crippen LogP contribution in [0.3, 0.4) is 0 Å². The fourth-order valence-electron chi connectivity index (χ4n) is 2.00. The number of halogens is 1. The van der Waals surface area contributed by atoms with Crippen LogP contribution in [0.1, 0.15) is 12.5 Å². The van der Waals surface area contributed by atoms with Gasteiger partial charge in [0, 0.05) is 28.3 Å². The van der Waals surface area contributed by atoms with Crippen molar-refractivity contribution in [1.82, 2.24) is 0 Å². The SMILES string of the molecule is CC(=O)Nc1ccc(SCC(O)COCc2ccccc2Cl)cc1. The molecule has 0 saturated carbocycles. The van der Waals surface area contributed by atoms with Gasteiger partial charge in [-0.25, -0.2) is 0 Å². The van der Waals surface area contributed by atoms with Gasteiger partial charge in [0.1, 0.15) is 0 Å². The van der Waals surface area contributed by atoms with Crippen LogP contribution >= 0.6 is 23.4 Å². The average Bonchev–Trinajstić information content (AvgIpc) is 2.55. The van der Waals surface area contributed by atoms with E-state index in [1.807, 2.05) is 48.5 Å². The van der Waals surface area contributed by atoms with Crippen LogP contribution in [0.25, 0.3) is 0 Å². The molecule has 4 nitrogen and oxygen atoms in total. The lowest BCUT2D eigenvalue weighted by Crippen LogP contribution is -2.17. The van der Waals surface area contributed by atoms with Crippen molar-refractivity contribution in [2.24, 2.45) is 0 Å². The Morgan fingerprint density at radius 1 is 1.25 bits per heavy atom. The Morgan fingerprint density at radius 3 is 2.62 bits per heavy atom. The quantitative estimate of drug-likeness (QED) is 0.695. The smallest absolute Gasteiger partial charge is 0.221 e. The zero-order valence-corrected chi connectivity index (χ0v) is 14.9. The molecule has 2 aromatic rings. The van der Waals surface area contributed by atoms with Gasteiger partial charge >= 0.3 is 0 Å². The van der Waals surface area contributed by atoms with E-state index in [0.29, 0.717) is 17.4 Å². The Hall–Kier alpha value is -1.53. The van der Waals surface area contributed by atoms with E-state index in [2.05, 4.69) is 5.32 Å². The lowest BCUT2D eigenvalue weighted by molar-refractivity contribution is -0.114. The summed E-state index contributed by atoms with van der Waals surface area (Å²) < 4.78 is 5.52. The monoisotopic (exact) mass is 365 g/mol. The van der Waals surface area contributed by atoms with Crippen LogP contribution in [-0.2, 0) is 16.1 Å². The van der Waals surface area contributed by atoms with Gasteiger partial charge in [-0.15, -0.1) is 11.8 Å². The largest absolute Gasteiger partial charge is 0.390 e. The third-order valence-electron chi connectivity index (χ3n) is 3.14. The molecule has 0 fully saturated rings. The fraction of sp³-hybridized carbons (Fsp3) is 0.278. The second-order valence-electron chi connectivity index (χ2n) is 5.28. The first kappa shape index (κ1) is 18.8. The van der Waals surface area contributed by atoms with Crippen molar-refractivity contribution in [1.29, 1.82) is 0 Å². The van der Waals surface area contributed by atoms with Crippen LogP contribution in [0.4, 0.5) is 5.69 Å². The van der Waals surface area contributed by atoms with Crippen molar-refractivity contribution >= 4 is 35.0 Å². The van der Waals surface area contributed by atoms with E-state index in [1.165, 1.54) is 18.7 Å². The van der Waals surface area contributed by atoms with Crippen LogP contribution in [0, 0.1) is 0 Å². The maximum absolute atomic E-state index is 11.0. The summed E-state index contributed by atoms with van der Waals surface area (Å²) in [5.41, 5.74) is 1.67. The van der Waals surface area contributed by atoms with E-state index in [0.717, 1.165) is 16.1 Å². The number of amides is 1. The van der Waals surface area contributed by atoms with E-state index >= 15 is 0 Å². The van der Waals surface area contributed by atoms with Gasteiger partial charge in [0.25, 0.3) is 0 Å². The van der Waals surface area contributed by atoms with Gasteiger partial charge in [0.2, 0.25) is 5.91 Å². The van der Waals surface area contributed by atoms with Crippen molar-refractivity contribution in [3.63, 3.8) is 0 Å².